The van der Waals surface area contributed by atoms with Crippen LogP contribution in [0.5, 0.6) is 0 Å². The standard InChI is InChI=1S/C19H25N5O6/c1-12-15(14(3)30-22-12)21-18(26)24-5-4-7-28-19(10-24)9-23(6-8-29-19)17(25)16-13(2)20-11-27-16/h11H,4-10H2,1-3H3,(H,21,26). The predicted octanol–water partition coefficient (Wildman–Crippen LogP) is 1.71. The van der Waals surface area contributed by atoms with Gasteiger partial charge in [0, 0.05) is 13.1 Å². The molecule has 1 N–H and O–H groups in total. The number of nitrogens with one attached hydrogen (secondary N) is 1. The van der Waals surface area contributed by atoms with Crippen LogP contribution in [0.25, 0.3) is 0 Å². The van der Waals surface area contributed by atoms with Gasteiger partial charge in [0.1, 0.15) is 11.4 Å². The third-order valence-corrected chi connectivity index (χ3v) is 5.31. The first-order chi connectivity index (χ1) is 14.4. The van der Waals surface area contributed by atoms with Gasteiger partial charge in [-0.15, -0.1) is 0 Å². The normalized spacial score (nSPS) is 22.2. The van der Waals surface area contributed by atoms with Crippen LogP contribution in [0.3, 0.4) is 0 Å². The molecular formula is C19H25N5O6. The molecule has 2 aliphatic rings. The lowest BCUT2D eigenvalue weighted by molar-refractivity contribution is -0.258. The van der Waals surface area contributed by atoms with E-state index in [9.17, 15) is 9.59 Å². The summed E-state index contributed by atoms with van der Waals surface area (Å²) in [7, 11) is 0. The van der Waals surface area contributed by atoms with Crippen molar-refractivity contribution in [2.24, 2.45) is 0 Å². The highest BCUT2D eigenvalue weighted by Gasteiger charge is 2.44. The van der Waals surface area contributed by atoms with Crippen molar-refractivity contribution in [3.05, 3.63) is 29.3 Å². The number of aromatic nitrogens is 2. The van der Waals surface area contributed by atoms with Gasteiger partial charge in [0.25, 0.3) is 5.91 Å². The smallest absolute Gasteiger partial charge is 0.322 e. The summed E-state index contributed by atoms with van der Waals surface area (Å²) in [5.41, 5.74) is 1.69. The Morgan fingerprint density at radius 2 is 1.83 bits per heavy atom. The molecule has 0 radical (unpaired) electrons. The Hall–Kier alpha value is -2.92. The van der Waals surface area contributed by atoms with Crippen molar-refractivity contribution in [2.75, 3.05) is 44.7 Å². The van der Waals surface area contributed by atoms with Gasteiger partial charge in [-0.1, -0.05) is 5.16 Å². The molecule has 11 heteroatoms. The maximum atomic E-state index is 12.9. The molecule has 162 valence electrons. The van der Waals surface area contributed by atoms with Crippen molar-refractivity contribution in [1.82, 2.24) is 19.9 Å². The second-order valence-electron chi connectivity index (χ2n) is 7.51. The summed E-state index contributed by atoms with van der Waals surface area (Å²) in [5, 5.41) is 6.72. The summed E-state index contributed by atoms with van der Waals surface area (Å²) in [6.45, 7) is 7.18. The number of rotatable bonds is 2. The van der Waals surface area contributed by atoms with Crippen LogP contribution in [0.15, 0.2) is 15.3 Å². The van der Waals surface area contributed by atoms with Crippen molar-refractivity contribution in [3.63, 3.8) is 0 Å². The third-order valence-electron chi connectivity index (χ3n) is 5.31. The Morgan fingerprint density at radius 1 is 1.07 bits per heavy atom. The van der Waals surface area contributed by atoms with E-state index in [2.05, 4.69) is 15.5 Å². The molecule has 2 aliphatic heterocycles. The maximum Gasteiger partial charge on any atom is 0.322 e. The van der Waals surface area contributed by atoms with Gasteiger partial charge in [-0.05, 0) is 27.2 Å². The molecule has 1 atom stereocenters. The predicted molar refractivity (Wildman–Crippen MR) is 103 cm³/mol. The third kappa shape index (κ3) is 3.90. The van der Waals surface area contributed by atoms with Crippen LogP contribution in [-0.4, -0.2) is 77.1 Å². The Balaban J connectivity index is 1.49. The van der Waals surface area contributed by atoms with E-state index in [1.54, 1.807) is 30.6 Å². The molecule has 4 heterocycles. The van der Waals surface area contributed by atoms with E-state index < -0.39 is 5.79 Å². The van der Waals surface area contributed by atoms with Gasteiger partial charge in [-0.25, -0.2) is 9.78 Å². The first-order valence-electron chi connectivity index (χ1n) is 9.85. The van der Waals surface area contributed by atoms with E-state index in [1.807, 2.05) is 0 Å². The number of ether oxygens (including phenoxy) is 2. The Kier molecular flexibility index (Phi) is 5.48. The van der Waals surface area contributed by atoms with Gasteiger partial charge in [0.15, 0.2) is 12.2 Å². The van der Waals surface area contributed by atoms with Crippen LogP contribution < -0.4 is 5.32 Å². The fourth-order valence-electron chi connectivity index (χ4n) is 3.71. The fraction of sp³-hybridized carbons (Fsp3) is 0.579. The van der Waals surface area contributed by atoms with E-state index in [1.165, 1.54) is 6.39 Å². The monoisotopic (exact) mass is 419 g/mol. The highest BCUT2D eigenvalue weighted by Crippen LogP contribution is 2.27. The second kappa shape index (κ2) is 8.07. The largest absolute Gasteiger partial charge is 0.438 e. The van der Waals surface area contributed by atoms with Crippen LogP contribution in [0, 0.1) is 20.8 Å². The molecule has 1 unspecified atom stereocenters. The summed E-state index contributed by atoms with van der Waals surface area (Å²) in [6, 6.07) is -0.299. The molecule has 2 saturated heterocycles. The molecule has 0 aliphatic carbocycles. The van der Waals surface area contributed by atoms with Crippen LogP contribution >= 0.6 is 0 Å². The molecule has 1 spiro atoms. The number of morpholine rings is 1. The number of carbonyl (C=O) groups is 2. The Bertz CT molecular complexity index is 920. The van der Waals surface area contributed by atoms with Gasteiger partial charge >= 0.3 is 6.03 Å². The number of hydrogen-bond acceptors (Lipinski definition) is 8. The quantitative estimate of drug-likeness (QED) is 0.780. The minimum atomic E-state index is -1.10. The van der Waals surface area contributed by atoms with Crippen LogP contribution in [0.4, 0.5) is 10.5 Å². The second-order valence-corrected chi connectivity index (χ2v) is 7.51. The van der Waals surface area contributed by atoms with Gasteiger partial charge in [0.05, 0.1) is 32.0 Å². The van der Waals surface area contributed by atoms with Crippen molar-refractivity contribution in [3.8, 4) is 0 Å². The van der Waals surface area contributed by atoms with E-state index in [0.29, 0.717) is 49.0 Å². The summed E-state index contributed by atoms with van der Waals surface area (Å²) in [4.78, 5) is 33.0. The number of urea groups is 1. The topological polar surface area (TPSA) is 123 Å². The zero-order valence-corrected chi connectivity index (χ0v) is 17.3. The molecule has 3 amide bonds. The minimum Gasteiger partial charge on any atom is -0.438 e. The van der Waals surface area contributed by atoms with Crippen molar-refractivity contribution in [1.29, 1.82) is 0 Å². The highest BCUT2D eigenvalue weighted by molar-refractivity contribution is 5.92. The molecule has 2 aromatic rings. The summed E-state index contributed by atoms with van der Waals surface area (Å²) >= 11 is 0. The maximum absolute atomic E-state index is 12.9. The molecule has 11 nitrogen and oxygen atoms in total. The molecule has 0 saturated carbocycles. The Labute approximate surface area is 173 Å². The number of oxazole rings is 1. The summed E-state index contributed by atoms with van der Waals surface area (Å²) in [5.74, 6) is -0.635. The van der Waals surface area contributed by atoms with E-state index in [0.717, 1.165) is 0 Å². The molecule has 2 aromatic heterocycles. The first kappa shape index (κ1) is 20.4. The van der Waals surface area contributed by atoms with E-state index >= 15 is 0 Å². The van der Waals surface area contributed by atoms with Gasteiger partial charge in [-0.2, -0.15) is 0 Å². The van der Waals surface area contributed by atoms with Crippen LogP contribution in [-0.2, 0) is 9.47 Å². The minimum absolute atomic E-state index is 0.182. The average molecular weight is 419 g/mol. The number of anilines is 1. The number of carbonyl (C=O) groups excluding carboxylic acids is 2. The molecular weight excluding hydrogens is 394 g/mol. The molecule has 0 bridgehead atoms. The summed E-state index contributed by atoms with van der Waals surface area (Å²) in [6.07, 6.45) is 1.90. The lowest BCUT2D eigenvalue weighted by Gasteiger charge is -2.42. The summed E-state index contributed by atoms with van der Waals surface area (Å²) < 4.78 is 22.3. The molecule has 30 heavy (non-hydrogen) atoms. The Morgan fingerprint density at radius 3 is 2.53 bits per heavy atom. The van der Waals surface area contributed by atoms with Crippen LogP contribution in [0.2, 0.25) is 0 Å². The SMILES string of the molecule is Cc1ncoc1C(=O)N1CCOC2(CN(C(=O)Nc3c(C)noc3C)CCCO2)C1. The van der Waals surface area contributed by atoms with Gasteiger partial charge in [-0.3, -0.25) is 4.79 Å². The molecule has 0 aromatic carbocycles. The highest BCUT2D eigenvalue weighted by atomic mass is 16.7. The van der Waals surface area contributed by atoms with E-state index in [4.69, 9.17) is 18.4 Å². The number of hydrogen-bond donors (Lipinski definition) is 1. The fourth-order valence-corrected chi connectivity index (χ4v) is 3.71. The van der Waals surface area contributed by atoms with Gasteiger partial charge < -0.3 is 33.5 Å². The molecule has 4 rings (SSSR count). The zero-order chi connectivity index (χ0) is 21.3. The number of nitrogens with zero attached hydrogens (tertiary/aromatic N) is 4. The van der Waals surface area contributed by atoms with Crippen molar-refractivity contribution < 1.29 is 28.0 Å². The zero-order valence-electron chi connectivity index (χ0n) is 17.3. The van der Waals surface area contributed by atoms with Gasteiger partial charge in [0.2, 0.25) is 11.5 Å². The lowest BCUT2D eigenvalue weighted by atomic mass is 10.1. The number of aryl methyl sites for hydroxylation is 3. The average Bonchev–Trinajstić information content (AvgIpc) is 3.22. The first-order valence-corrected chi connectivity index (χ1v) is 9.85. The van der Waals surface area contributed by atoms with Crippen molar-refractivity contribution >= 4 is 17.6 Å². The molecule has 2 fully saturated rings. The van der Waals surface area contributed by atoms with Crippen molar-refractivity contribution in [2.45, 2.75) is 33.0 Å². The van der Waals surface area contributed by atoms with Crippen LogP contribution in [0.1, 0.15) is 34.1 Å². The van der Waals surface area contributed by atoms with E-state index in [-0.39, 0.29) is 37.4 Å². The number of amides is 3. The lowest BCUT2D eigenvalue weighted by Crippen LogP contribution is -2.60.